The van der Waals surface area contributed by atoms with Crippen LogP contribution in [-0.2, 0) is 4.79 Å². The van der Waals surface area contributed by atoms with Crippen LogP contribution in [0, 0.1) is 11.8 Å². The van der Waals surface area contributed by atoms with Crippen LogP contribution < -0.4 is 5.32 Å². The SMILES string of the molecule is C=CCNC(=O)C1CCC(CCO)CC1. The lowest BCUT2D eigenvalue weighted by molar-refractivity contribution is -0.126. The van der Waals surface area contributed by atoms with Crippen LogP contribution in [0.25, 0.3) is 0 Å². The average Bonchev–Trinajstić information content (AvgIpc) is 2.27. The predicted molar refractivity (Wildman–Crippen MR) is 60.4 cm³/mol. The maximum absolute atomic E-state index is 11.6. The van der Waals surface area contributed by atoms with Gasteiger partial charge in [0.15, 0.2) is 0 Å². The normalized spacial score (nSPS) is 25.9. The second-order valence-corrected chi connectivity index (χ2v) is 4.26. The number of rotatable bonds is 5. The molecule has 1 aliphatic rings. The Morgan fingerprint density at radius 2 is 2.07 bits per heavy atom. The van der Waals surface area contributed by atoms with Crippen molar-refractivity contribution in [3.8, 4) is 0 Å². The van der Waals surface area contributed by atoms with Crippen LogP contribution in [0.5, 0.6) is 0 Å². The molecule has 0 atom stereocenters. The molecule has 1 aliphatic carbocycles. The highest BCUT2D eigenvalue weighted by atomic mass is 16.3. The van der Waals surface area contributed by atoms with Crippen molar-refractivity contribution in [2.45, 2.75) is 32.1 Å². The fraction of sp³-hybridized carbons (Fsp3) is 0.750. The Labute approximate surface area is 91.6 Å². The molecule has 0 bridgehead atoms. The quantitative estimate of drug-likeness (QED) is 0.677. The summed E-state index contributed by atoms with van der Waals surface area (Å²) in [6.07, 6.45) is 6.68. The lowest BCUT2D eigenvalue weighted by Gasteiger charge is -2.27. The third-order valence-corrected chi connectivity index (χ3v) is 3.18. The second-order valence-electron chi connectivity index (χ2n) is 4.26. The van der Waals surface area contributed by atoms with Gasteiger partial charge in [0.25, 0.3) is 0 Å². The van der Waals surface area contributed by atoms with Gasteiger partial charge in [-0.1, -0.05) is 6.08 Å². The van der Waals surface area contributed by atoms with Gasteiger partial charge in [0.2, 0.25) is 5.91 Å². The van der Waals surface area contributed by atoms with E-state index in [-0.39, 0.29) is 18.4 Å². The van der Waals surface area contributed by atoms with Gasteiger partial charge in [0.1, 0.15) is 0 Å². The minimum absolute atomic E-state index is 0.164. The molecule has 1 amide bonds. The van der Waals surface area contributed by atoms with Crippen LogP contribution in [0.1, 0.15) is 32.1 Å². The second kappa shape index (κ2) is 6.62. The summed E-state index contributed by atoms with van der Waals surface area (Å²) in [4.78, 5) is 11.6. The Hall–Kier alpha value is -0.830. The Bertz CT molecular complexity index is 208. The number of aliphatic hydroxyl groups is 1. The predicted octanol–water partition coefficient (Wildman–Crippen LogP) is 1.48. The van der Waals surface area contributed by atoms with Crippen molar-refractivity contribution < 1.29 is 9.90 Å². The van der Waals surface area contributed by atoms with Crippen molar-refractivity contribution in [2.24, 2.45) is 11.8 Å². The smallest absolute Gasteiger partial charge is 0.223 e. The maximum atomic E-state index is 11.6. The molecule has 0 heterocycles. The van der Waals surface area contributed by atoms with Crippen molar-refractivity contribution >= 4 is 5.91 Å². The highest BCUT2D eigenvalue weighted by molar-refractivity contribution is 5.78. The van der Waals surface area contributed by atoms with Crippen molar-refractivity contribution in [3.63, 3.8) is 0 Å². The minimum Gasteiger partial charge on any atom is -0.396 e. The van der Waals surface area contributed by atoms with Crippen LogP contribution in [0.4, 0.5) is 0 Å². The Morgan fingerprint density at radius 1 is 1.40 bits per heavy atom. The van der Waals surface area contributed by atoms with Gasteiger partial charge in [-0.05, 0) is 38.0 Å². The summed E-state index contributed by atoms with van der Waals surface area (Å²) < 4.78 is 0. The van der Waals surface area contributed by atoms with E-state index in [0.717, 1.165) is 32.1 Å². The van der Waals surface area contributed by atoms with Crippen molar-refractivity contribution in [1.29, 1.82) is 0 Å². The number of nitrogens with one attached hydrogen (secondary N) is 1. The summed E-state index contributed by atoms with van der Waals surface area (Å²) in [6.45, 7) is 4.41. The molecule has 0 spiro atoms. The van der Waals surface area contributed by atoms with Gasteiger partial charge in [-0.25, -0.2) is 0 Å². The van der Waals surface area contributed by atoms with Gasteiger partial charge >= 0.3 is 0 Å². The lowest BCUT2D eigenvalue weighted by Crippen LogP contribution is -2.33. The van der Waals surface area contributed by atoms with Crippen LogP contribution in [0.3, 0.4) is 0 Å². The monoisotopic (exact) mass is 211 g/mol. The number of amides is 1. The number of aliphatic hydroxyl groups excluding tert-OH is 1. The van der Waals surface area contributed by atoms with Crippen molar-refractivity contribution in [1.82, 2.24) is 5.32 Å². The first-order valence-electron chi connectivity index (χ1n) is 5.77. The Morgan fingerprint density at radius 3 is 2.60 bits per heavy atom. The molecule has 3 heteroatoms. The van der Waals surface area contributed by atoms with Crippen LogP contribution in [0.15, 0.2) is 12.7 Å². The first kappa shape index (κ1) is 12.2. The van der Waals surface area contributed by atoms with Gasteiger partial charge < -0.3 is 10.4 Å². The zero-order valence-electron chi connectivity index (χ0n) is 9.24. The third kappa shape index (κ3) is 4.04. The first-order valence-corrected chi connectivity index (χ1v) is 5.77. The molecule has 0 aromatic carbocycles. The molecule has 0 saturated heterocycles. The molecule has 0 unspecified atom stereocenters. The zero-order valence-corrected chi connectivity index (χ0v) is 9.24. The summed E-state index contributed by atoms with van der Waals surface area (Å²) >= 11 is 0. The van der Waals surface area contributed by atoms with Gasteiger partial charge in [-0.15, -0.1) is 6.58 Å². The van der Waals surface area contributed by atoms with E-state index in [1.807, 2.05) is 0 Å². The summed E-state index contributed by atoms with van der Waals surface area (Å²) in [5.74, 6) is 0.968. The molecule has 15 heavy (non-hydrogen) atoms. The molecule has 86 valence electrons. The van der Waals surface area contributed by atoms with E-state index in [1.165, 1.54) is 0 Å². The van der Waals surface area contributed by atoms with Gasteiger partial charge in [0, 0.05) is 19.1 Å². The highest BCUT2D eigenvalue weighted by Gasteiger charge is 2.25. The molecule has 1 saturated carbocycles. The standard InChI is InChI=1S/C12H21NO2/c1-2-8-13-12(15)11-5-3-10(4-6-11)7-9-14/h2,10-11,14H,1,3-9H2,(H,13,15). The summed E-state index contributed by atoms with van der Waals surface area (Å²) in [5, 5.41) is 11.7. The van der Waals surface area contributed by atoms with E-state index in [1.54, 1.807) is 6.08 Å². The Kier molecular flexibility index (Phi) is 5.40. The minimum atomic E-state index is 0.164. The molecular weight excluding hydrogens is 190 g/mol. The van der Waals surface area contributed by atoms with Crippen molar-refractivity contribution in [3.05, 3.63) is 12.7 Å². The summed E-state index contributed by atoms with van der Waals surface area (Å²) in [6, 6.07) is 0. The van der Waals surface area contributed by atoms with Crippen LogP contribution >= 0.6 is 0 Å². The lowest BCUT2D eigenvalue weighted by atomic mass is 9.80. The van der Waals surface area contributed by atoms with E-state index in [2.05, 4.69) is 11.9 Å². The van der Waals surface area contributed by atoms with E-state index in [0.29, 0.717) is 12.5 Å². The third-order valence-electron chi connectivity index (χ3n) is 3.18. The number of carbonyl (C=O) groups excluding carboxylic acids is 1. The number of hydrogen-bond acceptors (Lipinski definition) is 2. The molecular formula is C12H21NO2. The number of carbonyl (C=O) groups is 1. The molecule has 1 fully saturated rings. The fourth-order valence-electron chi connectivity index (χ4n) is 2.21. The first-order chi connectivity index (χ1) is 7.27. The maximum Gasteiger partial charge on any atom is 0.223 e. The molecule has 0 aromatic heterocycles. The average molecular weight is 211 g/mol. The van der Waals surface area contributed by atoms with Crippen LogP contribution in [-0.4, -0.2) is 24.2 Å². The van der Waals surface area contributed by atoms with Crippen molar-refractivity contribution in [2.75, 3.05) is 13.2 Å². The highest BCUT2D eigenvalue weighted by Crippen LogP contribution is 2.30. The fourth-order valence-corrected chi connectivity index (χ4v) is 2.21. The molecule has 3 nitrogen and oxygen atoms in total. The Balaban J connectivity index is 2.24. The van der Waals surface area contributed by atoms with E-state index < -0.39 is 0 Å². The number of hydrogen-bond donors (Lipinski definition) is 2. The van der Waals surface area contributed by atoms with Crippen LogP contribution in [0.2, 0.25) is 0 Å². The molecule has 1 rings (SSSR count). The van der Waals surface area contributed by atoms with E-state index in [4.69, 9.17) is 5.11 Å². The van der Waals surface area contributed by atoms with Gasteiger partial charge in [-0.3, -0.25) is 4.79 Å². The van der Waals surface area contributed by atoms with Gasteiger partial charge in [0.05, 0.1) is 0 Å². The molecule has 0 radical (unpaired) electrons. The molecule has 2 N–H and O–H groups in total. The van der Waals surface area contributed by atoms with Gasteiger partial charge in [-0.2, -0.15) is 0 Å². The summed E-state index contributed by atoms with van der Waals surface area (Å²) in [7, 11) is 0. The van der Waals surface area contributed by atoms with E-state index >= 15 is 0 Å². The van der Waals surface area contributed by atoms with E-state index in [9.17, 15) is 4.79 Å². The zero-order chi connectivity index (χ0) is 11.1. The summed E-state index contributed by atoms with van der Waals surface area (Å²) in [5.41, 5.74) is 0. The largest absolute Gasteiger partial charge is 0.396 e. The molecule has 0 aromatic rings. The topological polar surface area (TPSA) is 49.3 Å². The molecule has 0 aliphatic heterocycles.